The van der Waals surface area contributed by atoms with E-state index in [4.69, 9.17) is 15.0 Å². The summed E-state index contributed by atoms with van der Waals surface area (Å²) in [6, 6.07) is 0. The molecule has 2 bridgehead atoms. The van der Waals surface area contributed by atoms with Crippen LogP contribution in [0, 0.1) is 0 Å². The lowest BCUT2D eigenvalue weighted by Gasteiger charge is -2.30. The zero-order chi connectivity index (χ0) is 17.0. The molecule has 0 amide bonds. The van der Waals surface area contributed by atoms with Gasteiger partial charge in [0.1, 0.15) is 30.5 Å². The molecule has 6 atom stereocenters. The lowest BCUT2D eigenvalue weighted by atomic mass is 10.1. The molecule has 4 rings (SSSR count). The van der Waals surface area contributed by atoms with E-state index in [1.54, 1.807) is 0 Å². The molecule has 24 heavy (non-hydrogen) atoms. The number of rotatable bonds is 4. The molecule has 5 N–H and O–H groups in total. The molecule has 12 nitrogen and oxygen atoms in total. The maximum absolute atomic E-state index is 10.3. The molecule has 0 spiro atoms. The van der Waals surface area contributed by atoms with Crippen molar-refractivity contribution in [3.63, 3.8) is 0 Å². The largest absolute Gasteiger partial charge is 0.387 e. The highest BCUT2D eigenvalue weighted by Gasteiger charge is 2.55. The van der Waals surface area contributed by atoms with Crippen LogP contribution in [0.3, 0.4) is 0 Å². The van der Waals surface area contributed by atoms with E-state index in [1.807, 2.05) is 0 Å². The predicted molar refractivity (Wildman–Crippen MR) is 76.7 cm³/mol. The summed E-state index contributed by atoms with van der Waals surface area (Å²) in [6.07, 6.45) is -4.13. The Morgan fingerprint density at radius 1 is 1.33 bits per heavy atom. The normalized spacial score (nSPS) is 32.9. The average molecular weight is 359 g/mol. The third-order valence-corrected chi connectivity index (χ3v) is 4.64. The van der Waals surface area contributed by atoms with Gasteiger partial charge in [-0.1, -0.05) is 0 Å². The van der Waals surface area contributed by atoms with Gasteiger partial charge in [0.25, 0.3) is 0 Å². The quantitative estimate of drug-likeness (QED) is 0.297. The smallest absolute Gasteiger partial charge is 0.360 e. The van der Waals surface area contributed by atoms with Gasteiger partial charge < -0.3 is 25.6 Å². The van der Waals surface area contributed by atoms with Gasteiger partial charge in [0.05, 0.1) is 7.11 Å². The summed E-state index contributed by atoms with van der Waals surface area (Å²) in [7, 11) is -1.22. The Morgan fingerprint density at radius 2 is 2.12 bits per heavy atom. The molecule has 4 heterocycles. The monoisotopic (exact) mass is 359 g/mol. The highest BCUT2D eigenvalue weighted by Crippen LogP contribution is 2.50. The van der Waals surface area contributed by atoms with Crippen LogP contribution in [0.4, 0.5) is 5.82 Å². The number of nitrogens with zero attached hydrogens (tertiary/aromatic N) is 4. The Balaban J connectivity index is 1.85. The lowest BCUT2D eigenvalue weighted by molar-refractivity contribution is -0.196. The standard InChI is InChI=1S/C11H14N5O7P/c1-20-23-24(19)22-7-6-4(17)5(18)11(21-6)16-9-3(15-10(7)16)8(12)13-2-14-9/h2,4-7,11,17-19H,1H3,(H2,12,13,14). The molecule has 0 aromatic carbocycles. The van der Waals surface area contributed by atoms with Gasteiger partial charge in [0.2, 0.25) is 0 Å². The molecule has 2 aliphatic rings. The van der Waals surface area contributed by atoms with Crippen molar-refractivity contribution < 1.29 is 33.9 Å². The molecule has 0 aliphatic carbocycles. The van der Waals surface area contributed by atoms with Crippen molar-refractivity contribution in [2.45, 2.75) is 30.6 Å². The van der Waals surface area contributed by atoms with Gasteiger partial charge in [-0.15, -0.1) is 0 Å². The Bertz CT molecular complexity index is 775. The first-order valence-corrected chi connectivity index (χ1v) is 8.02. The van der Waals surface area contributed by atoms with Crippen LogP contribution in [0.25, 0.3) is 11.2 Å². The molecule has 1 saturated heterocycles. The zero-order valence-electron chi connectivity index (χ0n) is 12.3. The molecule has 6 unspecified atom stereocenters. The first-order chi connectivity index (χ1) is 11.5. The highest BCUT2D eigenvalue weighted by molar-refractivity contribution is 7.40. The summed E-state index contributed by atoms with van der Waals surface area (Å²) in [5, 5.41) is 20.4. The number of aliphatic hydroxyl groups is 2. The van der Waals surface area contributed by atoms with Gasteiger partial charge in [-0.2, -0.15) is 4.67 Å². The third-order valence-electron chi connectivity index (χ3n) is 3.96. The van der Waals surface area contributed by atoms with Gasteiger partial charge in [-0.25, -0.2) is 19.8 Å². The fraction of sp³-hybridized carbons (Fsp3) is 0.545. The van der Waals surface area contributed by atoms with Crippen LogP contribution >= 0.6 is 8.60 Å². The maximum Gasteiger partial charge on any atom is 0.360 e. The molecule has 0 radical (unpaired) electrons. The number of imidazole rings is 1. The van der Waals surface area contributed by atoms with E-state index in [2.05, 4.69) is 24.5 Å². The van der Waals surface area contributed by atoms with Gasteiger partial charge in [0, 0.05) is 0 Å². The molecule has 0 saturated carbocycles. The third kappa shape index (κ3) is 2.20. The summed E-state index contributed by atoms with van der Waals surface area (Å²) >= 11 is 0. The summed E-state index contributed by atoms with van der Waals surface area (Å²) in [4.78, 5) is 26.4. The first-order valence-electron chi connectivity index (χ1n) is 6.89. The number of ether oxygens (including phenoxy) is 1. The van der Waals surface area contributed by atoms with Crippen molar-refractivity contribution >= 4 is 25.6 Å². The van der Waals surface area contributed by atoms with E-state index in [-0.39, 0.29) is 11.6 Å². The van der Waals surface area contributed by atoms with Crippen LogP contribution in [0.2, 0.25) is 0 Å². The van der Waals surface area contributed by atoms with E-state index in [0.29, 0.717) is 11.2 Å². The van der Waals surface area contributed by atoms with Gasteiger partial charge in [-0.3, -0.25) is 9.09 Å². The summed E-state index contributed by atoms with van der Waals surface area (Å²) in [5.74, 6) is 0.418. The second-order valence-corrected chi connectivity index (χ2v) is 6.08. The maximum atomic E-state index is 10.3. The Labute approximate surface area is 135 Å². The molecular weight excluding hydrogens is 345 g/mol. The number of hydrogen-bond donors (Lipinski definition) is 4. The van der Waals surface area contributed by atoms with Crippen molar-refractivity contribution in [2.24, 2.45) is 0 Å². The molecule has 1 fully saturated rings. The summed E-state index contributed by atoms with van der Waals surface area (Å²) < 4.78 is 17.0. The van der Waals surface area contributed by atoms with Crippen molar-refractivity contribution in [3.05, 3.63) is 12.2 Å². The van der Waals surface area contributed by atoms with Crippen molar-refractivity contribution in [1.82, 2.24) is 19.5 Å². The Morgan fingerprint density at radius 3 is 2.88 bits per heavy atom. The van der Waals surface area contributed by atoms with Crippen LogP contribution in [-0.4, -0.2) is 60.0 Å². The molecule has 2 aromatic heterocycles. The lowest BCUT2D eigenvalue weighted by Crippen LogP contribution is -2.35. The second-order valence-electron chi connectivity index (χ2n) is 5.25. The van der Waals surface area contributed by atoms with E-state index in [9.17, 15) is 15.1 Å². The van der Waals surface area contributed by atoms with E-state index in [0.717, 1.165) is 0 Å². The minimum atomic E-state index is -2.43. The number of nitrogens with two attached hydrogens (primary N) is 1. The SMILES string of the molecule is COOP(O)OC1c2nc3c(N)ncnc3n2C2OC1C(O)C2O. The fourth-order valence-electron chi connectivity index (χ4n) is 2.98. The zero-order valence-corrected chi connectivity index (χ0v) is 13.1. The van der Waals surface area contributed by atoms with Crippen LogP contribution in [0.5, 0.6) is 0 Å². The summed E-state index contributed by atoms with van der Waals surface area (Å²) in [6.45, 7) is 0. The minimum Gasteiger partial charge on any atom is -0.387 e. The fourth-order valence-corrected chi connectivity index (χ4v) is 3.55. The minimum absolute atomic E-state index is 0.144. The number of aliphatic hydroxyl groups excluding tert-OH is 2. The van der Waals surface area contributed by atoms with Crippen LogP contribution < -0.4 is 5.73 Å². The van der Waals surface area contributed by atoms with Gasteiger partial charge in [0.15, 0.2) is 29.3 Å². The predicted octanol–water partition coefficient (Wildman–Crippen LogP) is -1.10. The van der Waals surface area contributed by atoms with Crippen LogP contribution in [0.15, 0.2) is 6.33 Å². The summed E-state index contributed by atoms with van der Waals surface area (Å²) in [5.41, 5.74) is 6.43. The van der Waals surface area contributed by atoms with Gasteiger partial charge >= 0.3 is 8.60 Å². The highest BCUT2D eigenvalue weighted by atomic mass is 31.2. The Hall–Kier alpha value is -1.50. The van der Waals surface area contributed by atoms with E-state index in [1.165, 1.54) is 18.0 Å². The molecule has 130 valence electrons. The number of fused-ring (bicyclic) bond motifs is 6. The topological polar surface area (TPSA) is 167 Å². The molecule has 2 aliphatic heterocycles. The second kappa shape index (κ2) is 5.79. The molecular formula is C11H14N5O7P. The number of hydrogen-bond acceptors (Lipinski definition) is 11. The first kappa shape index (κ1) is 16.0. The van der Waals surface area contributed by atoms with Gasteiger partial charge in [-0.05, 0) is 0 Å². The molecule has 2 aromatic rings. The number of nitrogen functional groups attached to an aromatic ring is 1. The van der Waals surface area contributed by atoms with E-state index >= 15 is 0 Å². The van der Waals surface area contributed by atoms with Crippen molar-refractivity contribution in [1.29, 1.82) is 0 Å². The van der Waals surface area contributed by atoms with Crippen LogP contribution in [0.1, 0.15) is 18.2 Å². The van der Waals surface area contributed by atoms with E-state index < -0.39 is 39.2 Å². The number of anilines is 1. The molecule has 13 heteroatoms. The van der Waals surface area contributed by atoms with Crippen LogP contribution in [-0.2, 0) is 18.8 Å². The Kier molecular flexibility index (Phi) is 3.86. The number of aromatic nitrogens is 4. The van der Waals surface area contributed by atoms with Crippen molar-refractivity contribution in [3.8, 4) is 0 Å². The average Bonchev–Trinajstić information content (AvgIpc) is 3.05. The van der Waals surface area contributed by atoms with Crippen molar-refractivity contribution in [2.75, 3.05) is 12.8 Å².